The lowest BCUT2D eigenvalue weighted by Gasteiger charge is -2.26. The van der Waals surface area contributed by atoms with Gasteiger partial charge in [0.05, 0.1) is 5.75 Å². The van der Waals surface area contributed by atoms with Crippen molar-refractivity contribution in [3.05, 3.63) is 35.4 Å². The highest BCUT2D eigenvalue weighted by molar-refractivity contribution is 7.89. The normalized spacial score (nSPS) is 20.8. The van der Waals surface area contributed by atoms with Crippen LogP contribution in [0.2, 0.25) is 0 Å². The Morgan fingerprint density at radius 2 is 2.00 bits per heavy atom. The van der Waals surface area contributed by atoms with E-state index in [0.29, 0.717) is 18.8 Å². The molecule has 1 heterocycles. The summed E-state index contributed by atoms with van der Waals surface area (Å²) in [4.78, 5) is 0. The van der Waals surface area contributed by atoms with Crippen LogP contribution in [0.3, 0.4) is 0 Å². The van der Waals surface area contributed by atoms with Crippen molar-refractivity contribution in [1.82, 2.24) is 4.31 Å². The van der Waals surface area contributed by atoms with Crippen molar-refractivity contribution in [3.63, 3.8) is 0 Å². The van der Waals surface area contributed by atoms with Gasteiger partial charge in [-0.3, -0.25) is 0 Å². The maximum absolute atomic E-state index is 11.8. The molecule has 0 aromatic heterocycles. The molecule has 4 heteroatoms. The molecule has 0 atom stereocenters. The molecule has 1 aromatic rings. The van der Waals surface area contributed by atoms with Crippen molar-refractivity contribution in [3.8, 4) is 0 Å². The summed E-state index contributed by atoms with van der Waals surface area (Å²) in [5, 5.41) is 0. The van der Waals surface area contributed by atoms with Crippen molar-refractivity contribution in [1.29, 1.82) is 0 Å². The number of aryl methyl sites for hydroxylation is 1. The lowest BCUT2D eigenvalue weighted by Crippen LogP contribution is -2.37. The Labute approximate surface area is 97.1 Å². The van der Waals surface area contributed by atoms with Crippen LogP contribution in [-0.4, -0.2) is 25.0 Å². The van der Waals surface area contributed by atoms with Crippen molar-refractivity contribution in [2.45, 2.75) is 26.3 Å². The number of nitrogens with zero attached hydrogens (tertiary/aromatic N) is 1. The van der Waals surface area contributed by atoms with Gasteiger partial charge in [0.2, 0.25) is 10.0 Å². The van der Waals surface area contributed by atoms with E-state index >= 15 is 0 Å². The topological polar surface area (TPSA) is 37.4 Å². The second-order valence-electron chi connectivity index (χ2n) is 4.28. The predicted molar refractivity (Wildman–Crippen MR) is 64.6 cm³/mol. The van der Waals surface area contributed by atoms with Gasteiger partial charge in [-0.05, 0) is 30.9 Å². The Bertz CT molecular complexity index is 468. The molecule has 0 saturated carbocycles. The van der Waals surface area contributed by atoms with Crippen LogP contribution in [0.5, 0.6) is 0 Å². The van der Waals surface area contributed by atoms with Gasteiger partial charge >= 0.3 is 0 Å². The minimum absolute atomic E-state index is 0.304. The highest BCUT2D eigenvalue weighted by Gasteiger charge is 2.25. The van der Waals surface area contributed by atoms with E-state index in [-0.39, 0.29) is 0 Å². The summed E-state index contributed by atoms with van der Waals surface area (Å²) in [5.74, 6) is 0.304. The van der Waals surface area contributed by atoms with Crippen molar-refractivity contribution in [2.75, 3.05) is 12.3 Å². The summed E-state index contributed by atoms with van der Waals surface area (Å²) in [7, 11) is -3.01. The van der Waals surface area contributed by atoms with Crippen molar-refractivity contribution in [2.24, 2.45) is 0 Å². The molecule has 0 amide bonds. The highest BCUT2D eigenvalue weighted by Crippen LogP contribution is 2.18. The van der Waals surface area contributed by atoms with E-state index in [4.69, 9.17) is 0 Å². The van der Waals surface area contributed by atoms with Gasteiger partial charge in [0, 0.05) is 13.1 Å². The molecule has 0 spiro atoms. The molecule has 0 radical (unpaired) electrons. The lowest BCUT2D eigenvalue weighted by molar-refractivity contribution is 0.378. The Morgan fingerprint density at radius 1 is 1.25 bits per heavy atom. The maximum atomic E-state index is 11.8. The third kappa shape index (κ3) is 2.44. The van der Waals surface area contributed by atoms with Gasteiger partial charge in [0.25, 0.3) is 0 Å². The first kappa shape index (κ1) is 11.6. The summed E-state index contributed by atoms with van der Waals surface area (Å²) in [6.45, 7) is 3.21. The van der Waals surface area contributed by atoms with E-state index in [1.165, 1.54) is 0 Å². The van der Waals surface area contributed by atoms with Gasteiger partial charge < -0.3 is 0 Å². The van der Waals surface area contributed by atoms with Crippen LogP contribution >= 0.6 is 0 Å². The molecule has 1 aromatic carbocycles. The molecule has 0 aliphatic carbocycles. The molecule has 3 nitrogen and oxygen atoms in total. The molecule has 88 valence electrons. The Morgan fingerprint density at radius 3 is 2.69 bits per heavy atom. The van der Waals surface area contributed by atoms with E-state index in [1.54, 1.807) is 4.31 Å². The van der Waals surface area contributed by atoms with Crippen LogP contribution < -0.4 is 0 Å². The number of hydrogen-bond donors (Lipinski definition) is 0. The van der Waals surface area contributed by atoms with Crippen LogP contribution in [0, 0.1) is 6.92 Å². The number of benzene rings is 1. The maximum Gasteiger partial charge on any atom is 0.214 e. The molecule has 1 fully saturated rings. The zero-order valence-corrected chi connectivity index (χ0v) is 10.3. The minimum atomic E-state index is -3.01. The molecule has 0 unspecified atom stereocenters. The van der Waals surface area contributed by atoms with E-state index in [9.17, 15) is 8.42 Å². The van der Waals surface area contributed by atoms with Gasteiger partial charge in [0.15, 0.2) is 0 Å². The average Bonchev–Trinajstić information content (AvgIpc) is 2.24. The van der Waals surface area contributed by atoms with Crippen molar-refractivity contribution >= 4 is 10.0 Å². The summed E-state index contributed by atoms with van der Waals surface area (Å²) in [6, 6.07) is 7.95. The molecule has 1 saturated heterocycles. The number of rotatable bonds is 2. The van der Waals surface area contributed by atoms with E-state index < -0.39 is 10.0 Å². The molecule has 2 rings (SSSR count). The fourth-order valence-electron chi connectivity index (χ4n) is 2.00. The molecule has 16 heavy (non-hydrogen) atoms. The Balaban J connectivity index is 2.18. The Kier molecular flexibility index (Phi) is 3.30. The predicted octanol–water partition coefficient (Wildman–Crippen LogP) is 1.92. The third-order valence-corrected chi connectivity index (χ3v) is 4.96. The van der Waals surface area contributed by atoms with Gasteiger partial charge in [0.1, 0.15) is 0 Å². The fraction of sp³-hybridized carbons (Fsp3) is 0.500. The molecular formula is C12H17NO2S. The quantitative estimate of drug-likeness (QED) is 0.790. The fourth-order valence-corrected chi connectivity index (χ4v) is 3.57. The average molecular weight is 239 g/mol. The van der Waals surface area contributed by atoms with Gasteiger partial charge in [-0.2, -0.15) is 4.31 Å². The zero-order chi connectivity index (χ0) is 11.6. The minimum Gasteiger partial charge on any atom is -0.212 e. The van der Waals surface area contributed by atoms with E-state index in [2.05, 4.69) is 0 Å². The standard InChI is InChI=1S/C12H17NO2S/c1-11-6-2-3-7-12(11)10-13-8-4-5-9-16(13,14)15/h2-3,6-7H,4-5,8-10H2,1H3. The number of sulfonamides is 1. The summed E-state index contributed by atoms with van der Waals surface area (Å²) < 4.78 is 25.3. The SMILES string of the molecule is Cc1ccccc1CN1CCCCS1(=O)=O. The first-order chi connectivity index (χ1) is 7.59. The third-order valence-electron chi connectivity index (χ3n) is 3.06. The highest BCUT2D eigenvalue weighted by atomic mass is 32.2. The van der Waals surface area contributed by atoms with Crippen LogP contribution in [0.1, 0.15) is 24.0 Å². The Hall–Kier alpha value is -0.870. The zero-order valence-electron chi connectivity index (χ0n) is 9.52. The van der Waals surface area contributed by atoms with Gasteiger partial charge in [-0.25, -0.2) is 8.42 Å². The van der Waals surface area contributed by atoms with E-state index in [1.807, 2.05) is 31.2 Å². The summed E-state index contributed by atoms with van der Waals surface area (Å²) in [6.07, 6.45) is 1.78. The second kappa shape index (κ2) is 4.55. The van der Waals surface area contributed by atoms with Crippen LogP contribution in [-0.2, 0) is 16.6 Å². The van der Waals surface area contributed by atoms with Gasteiger partial charge in [-0.15, -0.1) is 0 Å². The molecule has 0 bridgehead atoms. The van der Waals surface area contributed by atoms with Crippen molar-refractivity contribution < 1.29 is 8.42 Å². The smallest absolute Gasteiger partial charge is 0.212 e. The second-order valence-corrected chi connectivity index (χ2v) is 6.37. The van der Waals surface area contributed by atoms with E-state index in [0.717, 1.165) is 24.0 Å². The summed E-state index contributed by atoms with van der Waals surface area (Å²) in [5.41, 5.74) is 2.26. The molecule has 1 aliphatic heterocycles. The molecule has 0 N–H and O–H groups in total. The lowest BCUT2D eigenvalue weighted by atomic mass is 10.1. The molecular weight excluding hydrogens is 222 g/mol. The van der Waals surface area contributed by atoms with Crippen LogP contribution in [0.25, 0.3) is 0 Å². The first-order valence-electron chi connectivity index (χ1n) is 5.62. The first-order valence-corrected chi connectivity index (χ1v) is 7.23. The number of hydrogen-bond acceptors (Lipinski definition) is 2. The van der Waals surface area contributed by atoms with Crippen LogP contribution in [0.15, 0.2) is 24.3 Å². The van der Waals surface area contributed by atoms with Gasteiger partial charge in [-0.1, -0.05) is 24.3 Å². The van der Waals surface area contributed by atoms with Crippen LogP contribution in [0.4, 0.5) is 0 Å². The largest absolute Gasteiger partial charge is 0.214 e. The molecule has 1 aliphatic rings. The monoisotopic (exact) mass is 239 g/mol. The summed E-state index contributed by atoms with van der Waals surface area (Å²) >= 11 is 0.